The van der Waals surface area contributed by atoms with Gasteiger partial charge in [0.25, 0.3) is 0 Å². The first kappa shape index (κ1) is 17.9. The SMILES string of the molecule is O=C(CN1CCN(c2ccc(F)cc2)C(=O)C1=O)Nc1cccc(Cl)c1. The third-order valence-corrected chi connectivity index (χ3v) is 4.13. The number of anilines is 2. The minimum atomic E-state index is -0.776. The summed E-state index contributed by atoms with van der Waals surface area (Å²) in [5, 5.41) is 3.10. The average molecular weight is 376 g/mol. The quantitative estimate of drug-likeness (QED) is 0.834. The molecule has 26 heavy (non-hydrogen) atoms. The van der Waals surface area contributed by atoms with Gasteiger partial charge >= 0.3 is 11.8 Å². The molecule has 1 aliphatic rings. The normalized spacial score (nSPS) is 14.5. The predicted molar refractivity (Wildman–Crippen MR) is 95.4 cm³/mol. The highest BCUT2D eigenvalue weighted by Gasteiger charge is 2.34. The second-order valence-electron chi connectivity index (χ2n) is 5.72. The van der Waals surface area contributed by atoms with Crippen LogP contribution in [0.25, 0.3) is 0 Å². The third kappa shape index (κ3) is 4.00. The molecule has 1 aliphatic heterocycles. The standard InChI is InChI=1S/C18H15ClFN3O3/c19-12-2-1-3-14(10-12)21-16(24)11-22-8-9-23(18(26)17(22)25)15-6-4-13(20)5-7-15/h1-7,10H,8-9,11H2,(H,21,24). The molecule has 0 aliphatic carbocycles. The van der Waals surface area contributed by atoms with Crippen molar-refractivity contribution in [2.75, 3.05) is 29.9 Å². The second-order valence-corrected chi connectivity index (χ2v) is 6.15. The summed E-state index contributed by atoms with van der Waals surface area (Å²) in [4.78, 5) is 39.1. The molecule has 0 saturated carbocycles. The Labute approximate surface area is 154 Å². The Morgan fingerprint density at radius 3 is 2.50 bits per heavy atom. The van der Waals surface area contributed by atoms with Crippen LogP contribution in [-0.4, -0.2) is 42.3 Å². The van der Waals surface area contributed by atoms with Crippen molar-refractivity contribution < 1.29 is 18.8 Å². The van der Waals surface area contributed by atoms with Gasteiger partial charge in [0.05, 0.1) is 0 Å². The van der Waals surface area contributed by atoms with Gasteiger partial charge in [-0.3, -0.25) is 14.4 Å². The Bertz CT molecular complexity index is 857. The van der Waals surface area contributed by atoms with Crippen molar-refractivity contribution in [2.45, 2.75) is 0 Å². The Balaban J connectivity index is 1.62. The van der Waals surface area contributed by atoms with Crippen molar-refractivity contribution in [3.8, 4) is 0 Å². The summed E-state index contributed by atoms with van der Waals surface area (Å²) < 4.78 is 13.0. The molecule has 1 saturated heterocycles. The largest absolute Gasteiger partial charge is 0.324 e. The van der Waals surface area contributed by atoms with Crippen LogP contribution in [0, 0.1) is 5.82 Å². The summed E-state index contributed by atoms with van der Waals surface area (Å²) >= 11 is 5.86. The summed E-state index contributed by atoms with van der Waals surface area (Å²) in [7, 11) is 0. The first-order valence-electron chi connectivity index (χ1n) is 7.86. The molecule has 1 N–H and O–H groups in total. The van der Waals surface area contributed by atoms with Crippen LogP contribution in [0.4, 0.5) is 15.8 Å². The van der Waals surface area contributed by atoms with Gasteiger partial charge in [-0.1, -0.05) is 17.7 Å². The fourth-order valence-electron chi connectivity index (χ4n) is 2.63. The fraction of sp³-hybridized carbons (Fsp3) is 0.167. The van der Waals surface area contributed by atoms with E-state index in [9.17, 15) is 18.8 Å². The summed E-state index contributed by atoms with van der Waals surface area (Å²) in [6.07, 6.45) is 0. The van der Waals surface area contributed by atoms with Gasteiger partial charge in [0.1, 0.15) is 12.4 Å². The van der Waals surface area contributed by atoms with Gasteiger partial charge in [0.15, 0.2) is 0 Å². The Morgan fingerprint density at radius 1 is 1.08 bits per heavy atom. The van der Waals surface area contributed by atoms with E-state index >= 15 is 0 Å². The topological polar surface area (TPSA) is 69.7 Å². The van der Waals surface area contributed by atoms with Gasteiger partial charge in [-0.25, -0.2) is 4.39 Å². The molecule has 3 rings (SSSR count). The smallest absolute Gasteiger partial charge is 0.316 e. The van der Waals surface area contributed by atoms with Crippen LogP contribution < -0.4 is 10.2 Å². The molecular weight excluding hydrogens is 361 g/mol. The third-order valence-electron chi connectivity index (χ3n) is 3.89. The number of carbonyl (C=O) groups is 3. The fourth-order valence-corrected chi connectivity index (χ4v) is 2.82. The van der Waals surface area contributed by atoms with E-state index in [4.69, 9.17) is 11.6 Å². The summed E-state index contributed by atoms with van der Waals surface area (Å²) in [5.74, 6) is -2.38. The second kappa shape index (κ2) is 7.53. The minimum Gasteiger partial charge on any atom is -0.324 e. The number of nitrogens with zero attached hydrogens (tertiary/aromatic N) is 2. The minimum absolute atomic E-state index is 0.199. The molecule has 0 aromatic heterocycles. The predicted octanol–water partition coefficient (Wildman–Crippen LogP) is 2.29. The van der Waals surface area contributed by atoms with Crippen LogP contribution in [-0.2, 0) is 14.4 Å². The molecule has 2 aromatic carbocycles. The molecule has 0 atom stereocenters. The molecule has 0 bridgehead atoms. The number of benzene rings is 2. The van der Waals surface area contributed by atoms with Gasteiger partial charge in [-0.2, -0.15) is 0 Å². The number of amides is 3. The van der Waals surface area contributed by atoms with Crippen molar-refractivity contribution in [3.05, 3.63) is 59.4 Å². The van der Waals surface area contributed by atoms with E-state index < -0.39 is 23.5 Å². The van der Waals surface area contributed by atoms with E-state index in [2.05, 4.69) is 5.32 Å². The Morgan fingerprint density at radius 2 is 1.81 bits per heavy atom. The number of halogens is 2. The van der Waals surface area contributed by atoms with E-state index in [1.807, 2.05) is 0 Å². The van der Waals surface area contributed by atoms with Crippen molar-refractivity contribution in [1.82, 2.24) is 4.90 Å². The molecule has 0 unspecified atom stereocenters. The molecule has 0 radical (unpaired) electrons. The summed E-state index contributed by atoms with van der Waals surface area (Å²) in [5.41, 5.74) is 0.944. The van der Waals surface area contributed by atoms with Crippen LogP contribution in [0.5, 0.6) is 0 Å². The maximum absolute atomic E-state index is 13.0. The molecule has 134 valence electrons. The van der Waals surface area contributed by atoms with Crippen molar-refractivity contribution >= 4 is 40.7 Å². The van der Waals surface area contributed by atoms with E-state index in [1.165, 1.54) is 34.1 Å². The number of hydrogen-bond acceptors (Lipinski definition) is 3. The highest BCUT2D eigenvalue weighted by molar-refractivity contribution is 6.41. The number of nitrogens with one attached hydrogen (secondary N) is 1. The first-order chi connectivity index (χ1) is 12.4. The van der Waals surface area contributed by atoms with Crippen LogP contribution in [0.1, 0.15) is 0 Å². The van der Waals surface area contributed by atoms with E-state index in [0.717, 1.165) is 0 Å². The lowest BCUT2D eigenvalue weighted by molar-refractivity contribution is -0.147. The molecule has 8 heteroatoms. The lowest BCUT2D eigenvalue weighted by atomic mass is 10.2. The molecule has 1 heterocycles. The maximum Gasteiger partial charge on any atom is 0.316 e. The molecule has 6 nitrogen and oxygen atoms in total. The van der Waals surface area contributed by atoms with Crippen molar-refractivity contribution in [1.29, 1.82) is 0 Å². The average Bonchev–Trinajstić information content (AvgIpc) is 2.60. The Kier molecular flexibility index (Phi) is 5.18. The van der Waals surface area contributed by atoms with Crippen LogP contribution in [0.3, 0.4) is 0 Å². The maximum atomic E-state index is 13.0. The van der Waals surface area contributed by atoms with Gasteiger partial charge < -0.3 is 15.1 Å². The number of carbonyl (C=O) groups excluding carboxylic acids is 3. The zero-order chi connectivity index (χ0) is 18.7. The lowest BCUT2D eigenvalue weighted by Gasteiger charge is -2.33. The van der Waals surface area contributed by atoms with E-state index in [1.54, 1.807) is 24.3 Å². The lowest BCUT2D eigenvalue weighted by Crippen LogP contribution is -2.56. The van der Waals surface area contributed by atoms with E-state index in [0.29, 0.717) is 16.4 Å². The number of rotatable bonds is 4. The van der Waals surface area contributed by atoms with Crippen LogP contribution in [0.2, 0.25) is 5.02 Å². The van der Waals surface area contributed by atoms with Crippen molar-refractivity contribution in [3.63, 3.8) is 0 Å². The zero-order valence-electron chi connectivity index (χ0n) is 13.6. The van der Waals surface area contributed by atoms with Gasteiger partial charge in [0.2, 0.25) is 5.91 Å². The highest BCUT2D eigenvalue weighted by Crippen LogP contribution is 2.19. The highest BCUT2D eigenvalue weighted by atomic mass is 35.5. The van der Waals surface area contributed by atoms with Gasteiger partial charge in [0, 0.05) is 29.5 Å². The summed E-state index contributed by atoms with van der Waals surface area (Å²) in [6, 6.07) is 11.9. The first-order valence-corrected chi connectivity index (χ1v) is 8.23. The van der Waals surface area contributed by atoms with Gasteiger partial charge in [-0.15, -0.1) is 0 Å². The molecule has 0 spiro atoms. The zero-order valence-corrected chi connectivity index (χ0v) is 14.4. The number of hydrogen-bond donors (Lipinski definition) is 1. The Hall–Kier alpha value is -2.93. The molecule has 2 aromatic rings. The van der Waals surface area contributed by atoms with Crippen LogP contribution >= 0.6 is 11.6 Å². The monoisotopic (exact) mass is 375 g/mol. The number of piperazine rings is 1. The molecular formula is C18H15ClFN3O3. The van der Waals surface area contributed by atoms with Crippen molar-refractivity contribution in [2.24, 2.45) is 0 Å². The van der Waals surface area contributed by atoms with Gasteiger partial charge in [-0.05, 0) is 42.5 Å². The van der Waals surface area contributed by atoms with E-state index in [-0.39, 0.29) is 19.6 Å². The summed E-state index contributed by atoms with van der Waals surface area (Å²) in [6.45, 7) is 0.180. The molecule has 1 fully saturated rings. The molecule has 3 amide bonds. The van der Waals surface area contributed by atoms with Crippen LogP contribution in [0.15, 0.2) is 48.5 Å².